The molecular formula is C15H11F6N3S. The zero-order valence-electron chi connectivity index (χ0n) is 12.4. The van der Waals surface area contributed by atoms with Gasteiger partial charge < -0.3 is 10.6 Å². The van der Waals surface area contributed by atoms with Gasteiger partial charge in [-0.25, -0.2) is 18.2 Å². The molecule has 1 heterocycles. The van der Waals surface area contributed by atoms with Crippen LogP contribution in [0.3, 0.4) is 0 Å². The van der Waals surface area contributed by atoms with Crippen molar-refractivity contribution >= 4 is 23.1 Å². The van der Waals surface area contributed by atoms with Gasteiger partial charge in [-0.2, -0.15) is 13.2 Å². The summed E-state index contributed by atoms with van der Waals surface area (Å²) in [4.78, 5) is 3.58. The molecule has 0 aliphatic carbocycles. The van der Waals surface area contributed by atoms with Gasteiger partial charge in [0.05, 0.1) is 5.56 Å². The lowest BCUT2D eigenvalue weighted by molar-refractivity contribution is -0.137. The third kappa shape index (κ3) is 4.81. The molecule has 1 aromatic carbocycles. The van der Waals surface area contributed by atoms with Gasteiger partial charge in [-0.1, -0.05) is 6.07 Å². The van der Waals surface area contributed by atoms with Crippen molar-refractivity contribution in [3.05, 3.63) is 59.0 Å². The minimum absolute atomic E-state index is 0.0119. The monoisotopic (exact) mass is 379 g/mol. The molecule has 0 spiro atoms. The highest BCUT2D eigenvalue weighted by atomic mass is 32.1. The summed E-state index contributed by atoms with van der Waals surface area (Å²) in [5.41, 5.74) is -1.09. The Morgan fingerprint density at radius 2 is 1.80 bits per heavy atom. The number of halogens is 6. The summed E-state index contributed by atoms with van der Waals surface area (Å²) in [6.45, 7) is -0.0119. The first-order valence-corrected chi connectivity index (χ1v) is 7.30. The maximum absolute atomic E-state index is 13.5. The first-order valence-electron chi connectivity index (χ1n) is 6.89. The number of aromatic nitrogens is 1. The summed E-state index contributed by atoms with van der Waals surface area (Å²) in [5, 5.41) is 4.68. The van der Waals surface area contributed by atoms with E-state index >= 15 is 0 Å². The molecule has 0 amide bonds. The fourth-order valence-corrected chi connectivity index (χ4v) is 2.15. The second kappa shape index (κ2) is 7.68. The van der Waals surface area contributed by atoms with Gasteiger partial charge in [-0.05, 0) is 42.4 Å². The molecule has 0 saturated heterocycles. The Balaban J connectivity index is 1.96. The number of thiocarbonyl (C=S) groups is 1. The third-order valence-electron chi connectivity index (χ3n) is 3.14. The number of hydrogen-bond donors (Lipinski definition) is 2. The van der Waals surface area contributed by atoms with E-state index in [-0.39, 0.29) is 23.6 Å². The largest absolute Gasteiger partial charge is 0.419 e. The molecule has 2 aromatic rings. The van der Waals surface area contributed by atoms with Gasteiger partial charge in [0.15, 0.2) is 22.6 Å². The van der Waals surface area contributed by atoms with Crippen LogP contribution in [-0.2, 0) is 12.6 Å². The molecule has 0 saturated carbocycles. The Kier molecular flexibility index (Phi) is 5.83. The molecule has 0 bridgehead atoms. The van der Waals surface area contributed by atoms with Crippen molar-refractivity contribution in [1.82, 2.24) is 10.3 Å². The van der Waals surface area contributed by atoms with E-state index in [4.69, 9.17) is 12.2 Å². The van der Waals surface area contributed by atoms with E-state index in [0.29, 0.717) is 0 Å². The van der Waals surface area contributed by atoms with Crippen LogP contribution in [0.1, 0.15) is 11.1 Å². The van der Waals surface area contributed by atoms with E-state index in [1.165, 1.54) is 0 Å². The molecule has 0 aliphatic rings. The Morgan fingerprint density at radius 1 is 1.08 bits per heavy atom. The predicted octanol–water partition coefficient (Wildman–Crippen LogP) is 4.05. The Morgan fingerprint density at radius 3 is 2.48 bits per heavy atom. The highest BCUT2D eigenvalue weighted by Gasteiger charge is 2.34. The topological polar surface area (TPSA) is 37.0 Å². The number of nitrogens with zero attached hydrogens (tertiary/aromatic N) is 1. The van der Waals surface area contributed by atoms with Crippen LogP contribution in [0.2, 0.25) is 0 Å². The number of nitrogens with one attached hydrogen (secondary N) is 2. The van der Waals surface area contributed by atoms with Crippen LogP contribution >= 0.6 is 12.2 Å². The van der Waals surface area contributed by atoms with E-state index in [9.17, 15) is 26.3 Å². The Hall–Kier alpha value is -2.36. The van der Waals surface area contributed by atoms with Crippen molar-refractivity contribution in [3.8, 4) is 0 Å². The summed E-state index contributed by atoms with van der Waals surface area (Å²) in [6, 6.07) is 3.84. The van der Waals surface area contributed by atoms with Crippen LogP contribution in [0.4, 0.5) is 32.2 Å². The first-order chi connectivity index (χ1) is 11.7. The Labute approximate surface area is 144 Å². The van der Waals surface area contributed by atoms with Gasteiger partial charge in [0, 0.05) is 12.7 Å². The van der Waals surface area contributed by atoms with Gasteiger partial charge in [-0.3, -0.25) is 0 Å². The van der Waals surface area contributed by atoms with E-state index in [2.05, 4.69) is 15.6 Å². The number of rotatable bonds is 4. The van der Waals surface area contributed by atoms with Gasteiger partial charge in [0.1, 0.15) is 5.82 Å². The van der Waals surface area contributed by atoms with Crippen molar-refractivity contribution in [2.24, 2.45) is 0 Å². The predicted molar refractivity (Wildman–Crippen MR) is 83.5 cm³/mol. The molecule has 134 valence electrons. The SMILES string of the molecule is Fc1ccc(CCNC(=S)Nc2ncccc2C(F)(F)F)c(F)c1F. The molecule has 2 N–H and O–H groups in total. The van der Waals surface area contributed by atoms with Gasteiger partial charge in [-0.15, -0.1) is 0 Å². The molecule has 3 nitrogen and oxygen atoms in total. The lowest BCUT2D eigenvalue weighted by atomic mass is 10.1. The van der Waals surface area contributed by atoms with Gasteiger partial charge >= 0.3 is 6.18 Å². The van der Waals surface area contributed by atoms with E-state index < -0.39 is 35.0 Å². The number of alkyl halides is 3. The highest BCUT2D eigenvalue weighted by Crippen LogP contribution is 2.33. The summed E-state index contributed by atoms with van der Waals surface area (Å²) >= 11 is 4.86. The standard InChI is InChI=1S/C15H11F6N3S/c16-10-4-3-8(11(17)12(10)18)5-7-23-14(25)24-13-9(15(19,20)21)2-1-6-22-13/h1-4,6H,5,7H2,(H2,22,23,24,25). The smallest absolute Gasteiger partial charge is 0.362 e. The van der Waals surface area contributed by atoms with Crippen LogP contribution < -0.4 is 10.6 Å². The fraction of sp³-hybridized carbons (Fsp3) is 0.200. The molecular weight excluding hydrogens is 368 g/mol. The maximum Gasteiger partial charge on any atom is 0.419 e. The molecule has 10 heteroatoms. The van der Waals surface area contributed by atoms with E-state index in [1.807, 2.05) is 0 Å². The van der Waals surface area contributed by atoms with E-state index in [0.717, 1.165) is 30.5 Å². The van der Waals surface area contributed by atoms with Crippen molar-refractivity contribution in [1.29, 1.82) is 0 Å². The Bertz CT molecular complexity index is 778. The quantitative estimate of drug-likeness (QED) is 0.478. The zero-order valence-corrected chi connectivity index (χ0v) is 13.2. The number of hydrogen-bond acceptors (Lipinski definition) is 2. The van der Waals surface area contributed by atoms with E-state index in [1.54, 1.807) is 0 Å². The minimum atomic E-state index is -4.61. The molecule has 0 atom stereocenters. The van der Waals surface area contributed by atoms with Gasteiger partial charge in [0.2, 0.25) is 0 Å². The van der Waals surface area contributed by atoms with Gasteiger partial charge in [0.25, 0.3) is 0 Å². The minimum Gasteiger partial charge on any atom is -0.362 e. The third-order valence-corrected chi connectivity index (χ3v) is 3.39. The summed E-state index contributed by atoms with van der Waals surface area (Å²) in [7, 11) is 0. The number of anilines is 1. The van der Waals surface area contributed by atoms with Crippen molar-refractivity contribution < 1.29 is 26.3 Å². The van der Waals surface area contributed by atoms with Crippen LogP contribution in [0, 0.1) is 17.5 Å². The molecule has 0 fully saturated rings. The molecule has 25 heavy (non-hydrogen) atoms. The lowest BCUT2D eigenvalue weighted by Gasteiger charge is -2.14. The average Bonchev–Trinajstić information content (AvgIpc) is 2.54. The average molecular weight is 379 g/mol. The molecule has 1 aromatic heterocycles. The molecule has 0 aliphatic heterocycles. The van der Waals surface area contributed by atoms with Crippen LogP contribution in [0.25, 0.3) is 0 Å². The molecule has 0 radical (unpaired) electrons. The van der Waals surface area contributed by atoms with Crippen molar-refractivity contribution in [2.45, 2.75) is 12.6 Å². The molecule has 0 unspecified atom stereocenters. The molecule has 2 rings (SSSR count). The number of benzene rings is 1. The second-order valence-corrected chi connectivity index (χ2v) is 5.27. The number of pyridine rings is 1. The first kappa shape index (κ1) is 19.0. The van der Waals surface area contributed by atoms with Crippen molar-refractivity contribution in [2.75, 3.05) is 11.9 Å². The summed E-state index contributed by atoms with van der Waals surface area (Å²) < 4.78 is 77.9. The van der Waals surface area contributed by atoms with Crippen LogP contribution in [-0.4, -0.2) is 16.6 Å². The lowest BCUT2D eigenvalue weighted by Crippen LogP contribution is -2.31. The van der Waals surface area contributed by atoms with Crippen LogP contribution in [0.15, 0.2) is 30.5 Å². The maximum atomic E-state index is 13.5. The normalized spacial score (nSPS) is 11.3. The van der Waals surface area contributed by atoms with Crippen LogP contribution in [0.5, 0.6) is 0 Å². The highest BCUT2D eigenvalue weighted by molar-refractivity contribution is 7.80. The fourth-order valence-electron chi connectivity index (χ4n) is 1.96. The van der Waals surface area contributed by atoms with Crippen molar-refractivity contribution in [3.63, 3.8) is 0 Å². The summed E-state index contributed by atoms with van der Waals surface area (Å²) in [5.74, 6) is -4.68. The second-order valence-electron chi connectivity index (χ2n) is 4.86. The zero-order chi connectivity index (χ0) is 18.6. The summed E-state index contributed by atoms with van der Waals surface area (Å²) in [6.07, 6.45) is -3.50.